The number of nitrogens with one attached hydrogen (secondary N) is 1. The summed E-state index contributed by atoms with van der Waals surface area (Å²) < 4.78 is 15.5. The molecule has 1 fully saturated rings. The maximum Gasteiger partial charge on any atom is 0.161 e. The number of benzene rings is 1. The number of halogens is 1. The fourth-order valence-corrected chi connectivity index (χ4v) is 2.53. The Morgan fingerprint density at radius 1 is 1.26 bits per heavy atom. The van der Waals surface area contributed by atoms with Crippen LogP contribution >= 0.6 is 0 Å². The summed E-state index contributed by atoms with van der Waals surface area (Å²) in [6, 6.07) is 6.69. The molecule has 19 heavy (non-hydrogen) atoms. The molecule has 4 nitrogen and oxygen atoms in total. The lowest BCUT2D eigenvalue weighted by Crippen LogP contribution is -2.27. The summed E-state index contributed by atoms with van der Waals surface area (Å²) in [4.78, 5) is 4.55. The first-order valence-corrected chi connectivity index (χ1v) is 6.62. The van der Waals surface area contributed by atoms with Crippen molar-refractivity contribution in [2.75, 3.05) is 13.1 Å². The predicted molar refractivity (Wildman–Crippen MR) is 71.2 cm³/mol. The normalized spacial score (nSPS) is 16.7. The lowest BCUT2D eigenvalue weighted by atomic mass is 9.98. The van der Waals surface area contributed by atoms with Crippen LogP contribution < -0.4 is 5.32 Å². The lowest BCUT2D eigenvalue weighted by Gasteiger charge is -2.19. The Hall–Kier alpha value is -1.75. The van der Waals surface area contributed by atoms with E-state index in [0.717, 1.165) is 31.8 Å². The van der Waals surface area contributed by atoms with Gasteiger partial charge < -0.3 is 5.32 Å². The van der Waals surface area contributed by atoms with Crippen LogP contribution in [0.2, 0.25) is 0 Å². The first-order valence-electron chi connectivity index (χ1n) is 6.62. The van der Waals surface area contributed by atoms with Gasteiger partial charge in [0.2, 0.25) is 0 Å². The molecule has 0 atom stereocenters. The van der Waals surface area contributed by atoms with E-state index in [2.05, 4.69) is 15.4 Å². The number of rotatable bonds is 2. The van der Waals surface area contributed by atoms with Crippen molar-refractivity contribution in [2.24, 2.45) is 7.05 Å². The van der Waals surface area contributed by atoms with Crippen LogP contribution in [0.1, 0.15) is 24.6 Å². The van der Waals surface area contributed by atoms with Crippen molar-refractivity contribution in [3.8, 4) is 11.4 Å². The second-order valence-corrected chi connectivity index (χ2v) is 4.92. The van der Waals surface area contributed by atoms with E-state index in [1.165, 1.54) is 6.07 Å². The summed E-state index contributed by atoms with van der Waals surface area (Å²) in [7, 11) is 1.82. The van der Waals surface area contributed by atoms with Crippen LogP contribution in [0.4, 0.5) is 4.39 Å². The van der Waals surface area contributed by atoms with E-state index in [-0.39, 0.29) is 5.82 Å². The highest BCUT2D eigenvalue weighted by Crippen LogP contribution is 2.26. The summed E-state index contributed by atoms with van der Waals surface area (Å²) in [5, 5.41) is 7.79. The van der Waals surface area contributed by atoms with Gasteiger partial charge in [0, 0.05) is 13.0 Å². The molecule has 0 spiro atoms. The van der Waals surface area contributed by atoms with Gasteiger partial charge in [-0.25, -0.2) is 14.1 Å². The van der Waals surface area contributed by atoms with Crippen LogP contribution in [0.3, 0.4) is 0 Å². The Bertz CT molecular complexity index is 573. The SMILES string of the molecule is Cn1nc(C2CCNCC2)nc1-c1ccccc1F. The van der Waals surface area contributed by atoms with Crippen LogP contribution in [0.25, 0.3) is 11.4 Å². The van der Waals surface area contributed by atoms with E-state index >= 15 is 0 Å². The minimum atomic E-state index is -0.255. The molecule has 0 radical (unpaired) electrons. The van der Waals surface area contributed by atoms with Gasteiger partial charge in [-0.2, -0.15) is 5.10 Å². The second kappa shape index (κ2) is 5.09. The van der Waals surface area contributed by atoms with Crippen LogP contribution in [0, 0.1) is 5.82 Å². The molecule has 0 bridgehead atoms. The summed E-state index contributed by atoms with van der Waals surface area (Å²) >= 11 is 0. The molecule has 0 saturated carbocycles. The Morgan fingerprint density at radius 3 is 2.74 bits per heavy atom. The molecule has 2 aromatic rings. The number of nitrogens with zero attached hydrogens (tertiary/aromatic N) is 3. The molecule has 5 heteroatoms. The first kappa shape index (κ1) is 12.3. The zero-order valence-corrected chi connectivity index (χ0v) is 10.9. The van der Waals surface area contributed by atoms with Gasteiger partial charge in [-0.15, -0.1) is 0 Å². The van der Waals surface area contributed by atoms with Crippen LogP contribution in [0.15, 0.2) is 24.3 Å². The maximum atomic E-state index is 13.8. The molecule has 3 rings (SSSR count). The Morgan fingerprint density at radius 2 is 2.00 bits per heavy atom. The zero-order chi connectivity index (χ0) is 13.2. The Labute approximate surface area is 111 Å². The molecule has 1 aromatic heterocycles. The Kier molecular flexibility index (Phi) is 3.29. The minimum absolute atomic E-state index is 0.255. The topological polar surface area (TPSA) is 42.7 Å². The molecule has 0 aliphatic carbocycles. The van der Waals surface area contributed by atoms with Gasteiger partial charge in [0.25, 0.3) is 0 Å². The molecule has 0 unspecified atom stereocenters. The third-order valence-electron chi connectivity index (χ3n) is 3.60. The van der Waals surface area contributed by atoms with Gasteiger partial charge in [-0.3, -0.25) is 0 Å². The zero-order valence-electron chi connectivity index (χ0n) is 10.9. The highest BCUT2D eigenvalue weighted by atomic mass is 19.1. The van der Waals surface area contributed by atoms with Crippen molar-refractivity contribution >= 4 is 0 Å². The van der Waals surface area contributed by atoms with Crippen molar-refractivity contribution in [1.82, 2.24) is 20.1 Å². The van der Waals surface area contributed by atoms with Crippen molar-refractivity contribution in [3.05, 3.63) is 35.9 Å². The van der Waals surface area contributed by atoms with Gasteiger partial charge in [0.1, 0.15) is 5.82 Å². The van der Waals surface area contributed by atoms with Gasteiger partial charge in [-0.05, 0) is 38.1 Å². The average Bonchev–Trinajstić information content (AvgIpc) is 2.82. The van der Waals surface area contributed by atoms with Crippen LogP contribution in [-0.2, 0) is 7.05 Å². The van der Waals surface area contributed by atoms with Crippen molar-refractivity contribution in [1.29, 1.82) is 0 Å². The third-order valence-corrected chi connectivity index (χ3v) is 3.60. The second-order valence-electron chi connectivity index (χ2n) is 4.92. The van der Waals surface area contributed by atoms with Gasteiger partial charge >= 0.3 is 0 Å². The van der Waals surface area contributed by atoms with E-state index in [9.17, 15) is 4.39 Å². The van der Waals surface area contributed by atoms with E-state index in [0.29, 0.717) is 17.3 Å². The number of hydrogen-bond donors (Lipinski definition) is 1. The highest BCUT2D eigenvalue weighted by molar-refractivity contribution is 5.55. The number of piperidine rings is 1. The standard InChI is InChI=1S/C14H17FN4/c1-19-14(11-4-2-3-5-12(11)15)17-13(18-19)10-6-8-16-9-7-10/h2-5,10,16H,6-9H2,1H3. The number of hydrogen-bond acceptors (Lipinski definition) is 3. The summed E-state index contributed by atoms with van der Waals surface area (Å²) in [5.74, 6) is 1.57. The smallest absolute Gasteiger partial charge is 0.161 e. The lowest BCUT2D eigenvalue weighted by molar-refractivity contribution is 0.443. The maximum absolute atomic E-state index is 13.8. The van der Waals surface area contributed by atoms with E-state index < -0.39 is 0 Å². The first-order chi connectivity index (χ1) is 9.25. The summed E-state index contributed by atoms with van der Waals surface area (Å²) in [6.45, 7) is 2.00. The highest BCUT2D eigenvalue weighted by Gasteiger charge is 2.21. The number of aryl methyl sites for hydroxylation is 1. The monoisotopic (exact) mass is 260 g/mol. The predicted octanol–water partition coefficient (Wildman–Crippen LogP) is 2.09. The van der Waals surface area contributed by atoms with Crippen LogP contribution in [0.5, 0.6) is 0 Å². The molecular formula is C14H17FN4. The molecular weight excluding hydrogens is 243 g/mol. The molecule has 1 aliphatic rings. The quantitative estimate of drug-likeness (QED) is 0.899. The molecule has 1 saturated heterocycles. The summed E-state index contributed by atoms with van der Waals surface area (Å²) in [5.41, 5.74) is 0.512. The fraction of sp³-hybridized carbons (Fsp3) is 0.429. The van der Waals surface area contributed by atoms with Gasteiger partial charge in [0.15, 0.2) is 11.6 Å². The molecule has 0 amide bonds. The third kappa shape index (κ3) is 2.38. The fourth-order valence-electron chi connectivity index (χ4n) is 2.53. The van der Waals surface area contributed by atoms with Gasteiger partial charge in [0.05, 0.1) is 5.56 Å². The molecule has 100 valence electrons. The Balaban J connectivity index is 1.95. The van der Waals surface area contributed by atoms with Crippen molar-refractivity contribution in [3.63, 3.8) is 0 Å². The molecule has 2 heterocycles. The van der Waals surface area contributed by atoms with Crippen molar-refractivity contribution in [2.45, 2.75) is 18.8 Å². The number of aromatic nitrogens is 3. The van der Waals surface area contributed by atoms with E-state index in [1.807, 2.05) is 13.1 Å². The molecule has 1 aromatic carbocycles. The van der Waals surface area contributed by atoms with Gasteiger partial charge in [-0.1, -0.05) is 12.1 Å². The van der Waals surface area contributed by atoms with Crippen molar-refractivity contribution < 1.29 is 4.39 Å². The average molecular weight is 260 g/mol. The summed E-state index contributed by atoms with van der Waals surface area (Å²) in [6.07, 6.45) is 2.08. The molecule has 1 N–H and O–H groups in total. The van der Waals surface area contributed by atoms with E-state index in [4.69, 9.17) is 0 Å². The van der Waals surface area contributed by atoms with E-state index in [1.54, 1.807) is 16.8 Å². The largest absolute Gasteiger partial charge is 0.317 e. The minimum Gasteiger partial charge on any atom is -0.317 e. The van der Waals surface area contributed by atoms with Crippen LogP contribution in [-0.4, -0.2) is 27.9 Å². The molecule has 1 aliphatic heterocycles.